The third kappa shape index (κ3) is 2.25. The average Bonchev–Trinajstić information content (AvgIpc) is 2.82. The van der Waals surface area contributed by atoms with Crippen molar-refractivity contribution in [1.82, 2.24) is 14.3 Å². The molecule has 1 aromatic heterocycles. The lowest BCUT2D eigenvalue weighted by Gasteiger charge is -2.35. The van der Waals surface area contributed by atoms with Crippen LogP contribution in [0.5, 0.6) is 0 Å². The molecule has 1 unspecified atom stereocenters. The Labute approximate surface area is 93.1 Å². The fraction of sp³-hybridized carbons (Fsp3) is 0.667. The second kappa shape index (κ2) is 4.55. The van der Waals surface area contributed by atoms with Crippen LogP contribution in [-0.4, -0.2) is 46.5 Å². The lowest BCUT2D eigenvalue weighted by Crippen LogP contribution is -2.49. The van der Waals surface area contributed by atoms with Gasteiger partial charge in [0.25, 0.3) is 0 Å². The van der Waals surface area contributed by atoms with Crippen LogP contribution in [0.2, 0.25) is 0 Å². The minimum Gasteiger partial charge on any atom is -0.344 e. The lowest BCUT2D eigenvalue weighted by atomic mass is 10.2. The lowest BCUT2D eigenvalue weighted by molar-refractivity contribution is 0.231. The molecule has 0 amide bonds. The van der Waals surface area contributed by atoms with Crippen LogP contribution in [0.4, 0.5) is 5.13 Å². The Morgan fingerprint density at radius 2 is 2.20 bits per heavy atom. The second-order valence-electron chi connectivity index (χ2n) is 3.55. The molecule has 1 fully saturated rings. The van der Waals surface area contributed by atoms with Gasteiger partial charge in [0.05, 0.1) is 12.1 Å². The minimum atomic E-state index is 0.0153. The highest BCUT2D eigenvalue weighted by Crippen LogP contribution is 2.17. The van der Waals surface area contributed by atoms with E-state index in [1.165, 1.54) is 11.5 Å². The van der Waals surface area contributed by atoms with E-state index in [0.29, 0.717) is 0 Å². The van der Waals surface area contributed by atoms with Gasteiger partial charge in [0.2, 0.25) is 5.13 Å². The fourth-order valence-corrected chi connectivity index (χ4v) is 2.27. The molecule has 2 rings (SSSR count). The summed E-state index contributed by atoms with van der Waals surface area (Å²) in [5.41, 5.74) is 0. The zero-order valence-corrected chi connectivity index (χ0v) is 9.44. The van der Waals surface area contributed by atoms with Crippen LogP contribution in [0, 0.1) is 11.3 Å². The van der Waals surface area contributed by atoms with Crippen molar-refractivity contribution in [1.29, 1.82) is 5.26 Å². The van der Waals surface area contributed by atoms with Crippen molar-refractivity contribution >= 4 is 16.7 Å². The number of aromatic nitrogens is 2. The van der Waals surface area contributed by atoms with Crippen molar-refractivity contribution in [2.75, 3.05) is 31.1 Å². The Bertz CT molecular complexity index is 336. The summed E-state index contributed by atoms with van der Waals surface area (Å²) in [5, 5.41) is 9.80. The largest absolute Gasteiger partial charge is 0.344 e. The first kappa shape index (κ1) is 10.3. The third-order valence-electron chi connectivity index (χ3n) is 2.67. The van der Waals surface area contributed by atoms with Gasteiger partial charge in [-0.05, 0) is 6.92 Å². The molecule has 1 atom stereocenters. The summed E-state index contributed by atoms with van der Waals surface area (Å²) in [4.78, 5) is 8.59. The summed E-state index contributed by atoms with van der Waals surface area (Å²) in [6.45, 7) is 5.66. The first-order valence-corrected chi connectivity index (χ1v) is 5.74. The van der Waals surface area contributed by atoms with E-state index < -0.39 is 0 Å². The Morgan fingerprint density at radius 3 is 2.73 bits per heavy atom. The molecule has 0 saturated carbocycles. The third-order valence-corrected chi connectivity index (χ3v) is 3.40. The van der Waals surface area contributed by atoms with Crippen LogP contribution in [-0.2, 0) is 0 Å². The second-order valence-corrected chi connectivity index (χ2v) is 4.31. The zero-order chi connectivity index (χ0) is 10.7. The van der Waals surface area contributed by atoms with Crippen LogP contribution in [0.25, 0.3) is 0 Å². The summed E-state index contributed by atoms with van der Waals surface area (Å²) in [6, 6.07) is 2.28. The number of hydrogen-bond donors (Lipinski definition) is 0. The fourth-order valence-electron chi connectivity index (χ4n) is 1.69. The van der Waals surface area contributed by atoms with E-state index in [4.69, 9.17) is 5.26 Å². The van der Waals surface area contributed by atoms with Gasteiger partial charge < -0.3 is 4.90 Å². The maximum atomic E-state index is 8.81. The Hall–Kier alpha value is -1.19. The molecule has 0 spiro atoms. The highest BCUT2D eigenvalue weighted by molar-refractivity contribution is 7.09. The molecule has 6 heteroatoms. The number of hydrogen-bond acceptors (Lipinski definition) is 6. The maximum Gasteiger partial charge on any atom is 0.205 e. The van der Waals surface area contributed by atoms with Crippen LogP contribution < -0.4 is 4.90 Å². The molecule has 0 radical (unpaired) electrons. The maximum absolute atomic E-state index is 8.81. The normalized spacial score (nSPS) is 19.9. The smallest absolute Gasteiger partial charge is 0.205 e. The molecular weight excluding hydrogens is 210 g/mol. The molecular formula is C9H13N5S. The van der Waals surface area contributed by atoms with Gasteiger partial charge in [-0.15, -0.1) is 0 Å². The molecule has 2 heterocycles. The van der Waals surface area contributed by atoms with E-state index in [1.807, 2.05) is 6.92 Å². The van der Waals surface area contributed by atoms with Gasteiger partial charge in [-0.25, -0.2) is 4.98 Å². The average molecular weight is 223 g/mol. The highest BCUT2D eigenvalue weighted by Gasteiger charge is 2.21. The van der Waals surface area contributed by atoms with Crippen LogP contribution in [0.1, 0.15) is 6.92 Å². The molecule has 1 aromatic rings. The summed E-state index contributed by atoms with van der Waals surface area (Å²) in [5.74, 6) is 0. The molecule has 1 saturated heterocycles. The van der Waals surface area contributed by atoms with E-state index in [2.05, 4.69) is 25.2 Å². The number of anilines is 1. The molecule has 80 valence electrons. The van der Waals surface area contributed by atoms with Crippen LogP contribution >= 0.6 is 11.5 Å². The van der Waals surface area contributed by atoms with Crippen molar-refractivity contribution < 1.29 is 0 Å². The summed E-state index contributed by atoms with van der Waals surface area (Å²) < 4.78 is 3.99. The standard InChI is InChI=1S/C9H13N5S/c1-8(6-10)13-2-4-14(5-3-13)9-11-7-12-15-9/h7-8H,2-5H2,1H3. The predicted molar refractivity (Wildman–Crippen MR) is 58.8 cm³/mol. The van der Waals surface area contributed by atoms with E-state index >= 15 is 0 Å². The Balaban J connectivity index is 1.90. The van der Waals surface area contributed by atoms with Gasteiger partial charge in [0.15, 0.2) is 0 Å². The van der Waals surface area contributed by atoms with E-state index in [-0.39, 0.29) is 6.04 Å². The van der Waals surface area contributed by atoms with E-state index in [1.54, 1.807) is 6.33 Å². The minimum absolute atomic E-state index is 0.0153. The Morgan fingerprint density at radius 1 is 1.47 bits per heavy atom. The highest BCUT2D eigenvalue weighted by atomic mass is 32.1. The Kier molecular flexibility index (Phi) is 3.14. The van der Waals surface area contributed by atoms with E-state index in [0.717, 1.165) is 31.3 Å². The van der Waals surface area contributed by atoms with Crippen molar-refractivity contribution in [3.05, 3.63) is 6.33 Å². The van der Waals surface area contributed by atoms with Gasteiger partial charge in [0, 0.05) is 37.7 Å². The van der Waals surface area contributed by atoms with Crippen LogP contribution in [0.15, 0.2) is 6.33 Å². The molecule has 0 bridgehead atoms. The summed E-state index contributed by atoms with van der Waals surface area (Å²) in [7, 11) is 0. The summed E-state index contributed by atoms with van der Waals surface area (Å²) >= 11 is 1.43. The quantitative estimate of drug-likeness (QED) is 0.733. The van der Waals surface area contributed by atoms with Gasteiger partial charge in [0.1, 0.15) is 6.33 Å². The number of nitriles is 1. The van der Waals surface area contributed by atoms with E-state index in [9.17, 15) is 0 Å². The molecule has 0 aromatic carbocycles. The number of nitrogens with zero attached hydrogens (tertiary/aromatic N) is 5. The SMILES string of the molecule is CC(C#N)N1CCN(c2ncns2)CC1. The van der Waals surface area contributed by atoms with Gasteiger partial charge in [-0.1, -0.05) is 0 Å². The monoisotopic (exact) mass is 223 g/mol. The van der Waals surface area contributed by atoms with Crippen molar-refractivity contribution in [3.63, 3.8) is 0 Å². The number of rotatable bonds is 2. The first-order valence-electron chi connectivity index (χ1n) is 4.96. The number of piperazine rings is 1. The molecule has 1 aliphatic heterocycles. The van der Waals surface area contributed by atoms with Crippen molar-refractivity contribution in [3.8, 4) is 6.07 Å². The van der Waals surface area contributed by atoms with Crippen molar-refractivity contribution in [2.45, 2.75) is 13.0 Å². The predicted octanol–water partition coefficient (Wildman–Crippen LogP) is 0.572. The molecule has 0 N–H and O–H groups in total. The zero-order valence-electron chi connectivity index (χ0n) is 8.63. The van der Waals surface area contributed by atoms with Gasteiger partial charge in [-0.2, -0.15) is 9.64 Å². The summed E-state index contributed by atoms with van der Waals surface area (Å²) in [6.07, 6.45) is 1.59. The van der Waals surface area contributed by atoms with Crippen LogP contribution in [0.3, 0.4) is 0 Å². The van der Waals surface area contributed by atoms with Gasteiger partial charge >= 0.3 is 0 Å². The molecule has 5 nitrogen and oxygen atoms in total. The molecule has 15 heavy (non-hydrogen) atoms. The molecule has 1 aliphatic rings. The molecule has 0 aliphatic carbocycles. The first-order chi connectivity index (χ1) is 7.31. The topological polar surface area (TPSA) is 56.1 Å². The van der Waals surface area contributed by atoms with Crippen molar-refractivity contribution in [2.24, 2.45) is 0 Å². The van der Waals surface area contributed by atoms with Gasteiger partial charge in [-0.3, -0.25) is 4.90 Å².